The fraction of sp³-hybridized carbons (Fsp3) is 0.238. The molecular formula is C21H20FN3O5. The lowest BCUT2D eigenvalue weighted by Crippen LogP contribution is -2.50. The van der Waals surface area contributed by atoms with Gasteiger partial charge in [0.2, 0.25) is 0 Å². The third kappa shape index (κ3) is 4.80. The van der Waals surface area contributed by atoms with Gasteiger partial charge in [0.15, 0.2) is 6.61 Å². The van der Waals surface area contributed by atoms with Crippen LogP contribution >= 0.6 is 0 Å². The number of carbonyl (C=O) groups is 4. The lowest BCUT2D eigenvalue weighted by atomic mass is 9.93. The van der Waals surface area contributed by atoms with Gasteiger partial charge in [-0.3, -0.25) is 15.0 Å². The summed E-state index contributed by atoms with van der Waals surface area (Å²) in [5.74, 6) is -2.82. The molecule has 0 aliphatic carbocycles. The van der Waals surface area contributed by atoms with Crippen LogP contribution in [0, 0.1) is 5.82 Å². The van der Waals surface area contributed by atoms with Crippen LogP contribution in [0.4, 0.5) is 9.18 Å². The third-order valence-corrected chi connectivity index (χ3v) is 4.67. The van der Waals surface area contributed by atoms with E-state index in [4.69, 9.17) is 4.74 Å². The molecule has 2 aromatic carbocycles. The summed E-state index contributed by atoms with van der Waals surface area (Å²) >= 11 is 0. The monoisotopic (exact) mass is 413 g/mol. The van der Waals surface area contributed by atoms with Gasteiger partial charge in [-0.25, -0.2) is 14.0 Å². The second kappa shape index (κ2) is 8.73. The predicted octanol–water partition coefficient (Wildman–Crippen LogP) is 1.96. The molecule has 9 heteroatoms. The standard InChI is InChI=1S/C21H20FN3O5/c1-21(12-11-14-5-3-2-4-6-14)19(28)25(20(29)23-21)24-17(26)13-30-18(27)15-7-9-16(22)10-8-15/h2-10H,11-13H2,1H3,(H,23,29)(H,24,26)/t21-/m1/s1. The fourth-order valence-corrected chi connectivity index (χ4v) is 2.95. The molecule has 0 unspecified atom stereocenters. The van der Waals surface area contributed by atoms with Crippen molar-refractivity contribution >= 4 is 23.8 Å². The van der Waals surface area contributed by atoms with Crippen molar-refractivity contribution in [2.24, 2.45) is 0 Å². The third-order valence-electron chi connectivity index (χ3n) is 4.67. The maximum Gasteiger partial charge on any atom is 0.344 e. The molecule has 2 aromatic rings. The van der Waals surface area contributed by atoms with Gasteiger partial charge in [-0.1, -0.05) is 30.3 Å². The lowest BCUT2D eigenvalue weighted by molar-refractivity contribution is -0.140. The Labute approximate surface area is 172 Å². The number of hydrogen-bond acceptors (Lipinski definition) is 5. The van der Waals surface area contributed by atoms with Crippen LogP contribution < -0.4 is 10.7 Å². The molecule has 2 N–H and O–H groups in total. The van der Waals surface area contributed by atoms with Gasteiger partial charge in [-0.2, -0.15) is 5.01 Å². The summed E-state index contributed by atoms with van der Waals surface area (Å²) in [7, 11) is 0. The molecule has 1 saturated heterocycles. The highest BCUT2D eigenvalue weighted by atomic mass is 19.1. The van der Waals surface area contributed by atoms with E-state index in [1.807, 2.05) is 30.3 Å². The smallest absolute Gasteiger partial charge is 0.344 e. The van der Waals surface area contributed by atoms with Crippen LogP contribution in [0.5, 0.6) is 0 Å². The van der Waals surface area contributed by atoms with E-state index in [0.717, 1.165) is 17.7 Å². The number of esters is 1. The second-order valence-corrected chi connectivity index (χ2v) is 7.01. The first-order valence-electron chi connectivity index (χ1n) is 9.21. The minimum absolute atomic E-state index is 0.0627. The Morgan fingerprint density at radius 3 is 2.43 bits per heavy atom. The first-order valence-corrected chi connectivity index (χ1v) is 9.21. The predicted molar refractivity (Wildman–Crippen MR) is 103 cm³/mol. The maximum absolute atomic E-state index is 12.9. The highest BCUT2D eigenvalue weighted by Crippen LogP contribution is 2.22. The summed E-state index contributed by atoms with van der Waals surface area (Å²) in [6.45, 7) is 0.866. The first kappa shape index (κ1) is 21.0. The molecular weight excluding hydrogens is 393 g/mol. The van der Waals surface area contributed by atoms with Gasteiger partial charge in [-0.05, 0) is 49.6 Å². The summed E-state index contributed by atoms with van der Waals surface area (Å²) in [5.41, 5.74) is 2.04. The number of aryl methyl sites for hydroxylation is 1. The number of nitrogens with one attached hydrogen (secondary N) is 2. The van der Waals surface area contributed by atoms with E-state index in [0.29, 0.717) is 17.9 Å². The Hall–Kier alpha value is -3.75. The van der Waals surface area contributed by atoms with Crippen LogP contribution in [0.1, 0.15) is 29.3 Å². The highest BCUT2D eigenvalue weighted by Gasteiger charge is 2.48. The molecule has 1 atom stereocenters. The molecule has 0 bridgehead atoms. The van der Waals surface area contributed by atoms with Gasteiger partial charge in [0, 0.05) is 0 Å². The number of nitrogens with zero attached hydrogens (tertiary/aromatic N) is 1. The normalized spacial score (nSPS) is 18.1. The second-order valence-electron chi connectivity index (χ2n) is 7.01. The summed E-state index contributed by atoms with van der Waals surface area (Å²) in [4.78, 5) is 48.8. The number of urea groups is 1. The Kier molecular flexibility index (Phi) is 6.10. The number of ether oxygens (including phenoxy) is 1. The molecule has 3 rings (SSSR count). The van der Waals surface area contributed by atoms with E-state index >= 15 is 0 Å². The van der Waals surface area contributed by atoms with Crippen LogP contribution in [-0.2, 0) is 20.7 Å². The number of halogens is 1. The molecule has 4 amide bonds. The lowest BCUT2D eigenvalue weighted by Gasteiger charge is -2.21. The molecule has 1 aliphatic heterocycles. The van der Waals surface area contributed by atoms with E-state index < -0.39 is 41.8 Å². The molecule has 1 fully saturated rings. The molecule has 1 aliphatic rings. The Morgan fingerprint density at radius 2 is 1.77 bits per heavy atom. The summed E-state index contributed by atoms with van der Waals surface area (Å²) in [6, 6.07) is 13.3. The quantitative estimate of drug-likeness (QED) is 0.533. The van der Waals surface area contributed by atoms with Gasteiger partial charge in [0.25, 0.3) is 11.8 Å². The largest absolute Gasteiger partial charge is 0.452 e. The van der Waals surface area contributed by atoms with Crippen LogP contribution in [0.3, 0.4) is 0 Å². The summed E-state index contributed by atoms with van der Waals surface area (Å²) in [6.07, 6.45) is 0.897. The minimum atomic E-state index is -1.18. The van der Waals surface area contributed by atoms with Crippen LogP contribution in [0.25, 0.3) is 0 Å². The first-order chi connectivity index (χ1) is 14.3. The van der Waals surface area contributed by atoms with E-state index in [9.17, 15) is 23.6 Å². The van der Waals surface area contributed by atoms with Crippen molar-refractivity contribution in [2.45, 2.75) is 25.3 Å². The highest BCUT2D eigenvalue weighted by molar-refractivity contribution is 6.07. The van der Waals surface area contributed by atoms with Gasteiger partial charge >= 0.3 is 12.0 Å². The average Bonchev–Trinajstić information content (AvgIpc) is 2.95. The molecule has 1 heterocycles. The molecule has 0 spiro atoms. The SMILES string of the molecule is C[C@]1(CCc2ccccc2)NC(=O)N(NC(=O)COC(=O)c2ccc(F)cc2)C1=O. The van der Waals surface area contributed by atoms with Gasteiger partial charge in [0.1, 0.15) is 11.4 Å². The van der Waals surface area contributed by atoms with E-state index in [1.54, 1.807) is 6.92 Å². The number of amides is 4. The van der Waals surface area contributed by atoms with Gasteiger partial charge < -0.3 is 10.1 Å². The number of hydrazine groups is 1. The van der Waals surface area contributed by atoms with Crippen LogP contribution in [0.2, 0.25) is 0 Å². The summed E-state index contributed by atoms with van der Waals surface area (Å²) in [5, 5.41) is 3.16. The zero-order valence-corrected chi connectivity index (χ0v) is 16.2. The van der Waals surface area contributed by atoms with Crippen molar-refractivity contribution in [2.75, 3.05) is 6.61 Å². The molecule has 156 valence electrons. The van der Waals surface area contributed by atoms with Gasteiger partial charge in [-0.15, -0.1) is 0 Å². The Morgan fingerprint density at radius 1 is 1.10 bits per heavy atom. The van der Waals surface area contributed by atoms with Crippen molar-refractivity contribution in [3.05, 3.63) is 71.5 Å². The summed E-state index contributed by atoms with van der Waals surface area (Å²) < 4.78 is 17.7. The molecule has 8 nitrogen and oxygen atoms in total. The maximum atomic E-state index is 12.9. The molecule has 0 radical (unpaired) electrons. The Balaban J connectivity index is 1.53. The van der Waals surface area contributed by atoms with Gasteiger partial charge in [0.05, 0.1) is 5.56 Å². The van der Waals surface area contributed by atoms with Crippen LogP contribution in [-0.4, -0.2) is 41.0 Å². The van der Waals surface area contributed by atoms with Crippen molar-refractivity contribution in [1.82, 2.24) is 15.8 Å². The number of hydrogen-bond donors (Lipinski definition) is 2. The van der Waals surface area contributed by atoms with E-state index in [-0.39, 0.29) is 5.56 Å². The molecule has 30 heavy (non-hydrogen) atoms. The Bertz CT molecular complexity index is 964. The topological polar surface area (TPSA) is 105 Å². The molecule has 0 aromatic heterocycles. The van der Waals surface area contributed by atoms with Crippen molar-refractivity contribution in [3.8, 4) is 0 Å². The fourth-order valence-electron chi connectivity index (χ4n) is 2.95. The zero-order chi connectivity index (χ0) is 21.7. The van der Waals surface area contributed by atoms with Crippen LogP contribution in [0.15, 0.2) is 54.6 Å². The zero-order valence-electron chi connectivity index (χ0n) is 16.2. The number of benzene rings is 2. The number of imide groups is 1. The van der Waals surface area contributed by atoms with E-state index in [1.165, 1.54) is 12.1 Å². The van der Waals surface area contributed by atoms with Crippen molar-refractivity contribution < 1.29 is 28.3 Å². The van der Waals surface area contributed by atoms with Crippen molar-refractivity contribution in [3.63, 3.8) is 0 Å². The number of rotatable bonds is 7. The molecule has 0 saturated carbocycles. The average molecular weight is 413 g/mol. The van der Waals surface area contributed by atoms with Crippen molar-refractivity contribution in [1.29, 1.82) is 0 Å². The number of carbonyl (C=O) groups excluding carboxylic acids is 4. The van der Waals surface area contributed by atoms with E-state index in [2.05, 4.69) is 10.7 Å². The minimum Gasteiger partial charge on any atom is -0.452 e.